The number of ether oxygens (including phenoxy) is 3. The van der Waals surface area contributed by atoms with Gasteiger partial charge in [0.2, 0.25) is 0 Å². The third kappa shape index (κ3) is 13.0. The van der Waals surface area contributed by atoms with Crippen molar-refractivity contribution >= 4 is 23.9 Å². The first-order valence-corrected chi connectivity index (χ1v) is 13.5. The van der Waals surface area contributed by atoms with Crippen molar-refractivity contribution in [3.63, 3.8) is 0 Å². The third-order valence-electron chi connectivity index (χ3n) is 6.18. The van der Waals surface area contributed by atoms with Gasteiger partial charge in [-0.2, -0.15) is 0 Å². The van der Waals surface area contributed by atoms with Gasteiger partial charge in [0.1, 0.15) is 12.1 Å². The van der Waals surface area contributed by atoms with Crippen LogP contribution >= 0.6 is 0 Å². The molecule has 2 N–H and O–H groups in total. The second-order valence-electron chi connectivity index (χ2n) is 10.6. The summed E-state index contributed by atoms with van der Waals surface area (Å²) in [6.45, 7) is 13.5. The zero-order chi connectivity index (χ0) is 28.8. The Morgan fingerprint density at radius 3 is 1.87 bits per heavy atom. The van der Waals surface area contributed by atoms with Crippen LogP contribution in [0.2, 0.25) is 0 Å². The van der Waals surface area contributed by atoms with Gasteiger partial charge in [0.15, 0.2) is 11.5 Å². The number of nitrogens with one attached hydrogen (secondary N) is 1. The average Bonchev–Trinajstić information content (AvgIpc) is 2.81. The maximum absolute atomic E-state index is 12.5. The smallest absolute Gasteiger partial charge is 0.321 e. The van der Waals surface area contributed by atoms with E-state index >= 15 is 0 Å². The summed E-state index contributed by atoms with van der Waals surface area (Å²) in [7, 11) is 0. The van der Waals surface area contributed by atoms with Gasteiger partial charge in [0.05, 0.1) is 0 Å². The third-order valence-corrected chi connectivity index (χ3v) is 6.18. The largest absolute Gasteiger partial charge is 0.480 e. The summed E-state index contributed by atoms with van der Waals surface area (Å²) in [6.07, 6.45) is 1.91. The molecular formula is C29H45NO8. The number of aliphatic carboxylic acids is 1. The molecule has 0 aliphatic heterocycles. The van der Waals surface area contributed by atoms with Gasteiger partial charge in [-0.25, -0.2) is 0 Å². The van der Waals surface area contributed by atoms with Crippen LogP contribution in [0.5, 0.6) is 11.5 Å². The van der Waals surface area contributed by atoms with Crippen molar-refractivity contribution < 1.29 is 38.5 Å². The Hall–Kier alpha value is -2.94. The molecule has 9 nitrogen and oxygen atoms in total. The molecule has 4 atom stereocenters. The molecule has 0 aliphatic carbocycles. The van der Waals surface area contributed by atoms with Crippen LogP contribution in [0.3, 0.4) is 0 Å². The Morgan fingerprint density at radius 2 is 1.37 bits per heavy atom. The van der Waals surface area contributed by atoms with Crippen LogP contribution < -0.4 is 14.8 Å². The molecule has 0 heterocycles. The van der Waals surface area contributed by atoms with Gasteiger partial charge >= 0.3 is 23.9 Å². The highest BCUT2D eigenvalue weighted by Crippen LogP contribution is 2.30. The van der Waals surface area contributed by atoms with Crippen LogP contribution in [-0.4, -0.2) is 47.7 Å². The highest BCUT2D eigenvalue weighted by atomic mass is 16.6. The topological polar surface area (TPSA) is 128 Å². The van der Waals surface area contributed by atoms with Crippen LogP contribution in [0.15, 0.2) is 18.2 Å². The highest BCUT2D eigenvalue weighted by molar-refractivity contribution is 5.77. The van der Waals surface area contributed by atoms with Gasteiger partial charge in [-0.3, -0.25) is 19.2 Å². The van der Waals surface area contributed by atoms with Crippen molar-refractivity contribution in [1.29, 1.82) is 0 Å². The van der Waals surface area contributed by atoms with E-state index in [0.717, 1.165) is 12.8 Å². The second-order valence-corrected chi connectivity index (χ2v) is 10.6. The Kier molecular flexibility index (Phi) is 14.6. The average molecular weight is 536 g/mol. The summed E-state index contributed by atoms with van der Waals surface area (Å²) in [4.78, 5) is 48.7. The normalized spacial score (nSPS) is 14.3. The number of carboxylic acids is 1. The lowest BCUT2D eigenvalue weighted by atomic mass is 10.0. The summed E-state index contributed by atoms with van der Waals surface area (Å²) >= 11 is 0. The van der Waals surface area contributed by atoms with E-state index in [1.54, 1.807) is 13.0 Å². The molecule has 1 aromatic rings. The molecular weight excluding hydrogens is 490 g/mol. The Bertz CT molecular complexity index is 929. The van der Waals surface area contributed by atoms with Gasteiger partial charge in [-0.15, -0.1) is 0 Å². The van der Waals surface area contributed by atoms with Crippen molar-refractivity contribution in [2.75, 3.05) is 6.54 Å². The standard InChI is InChI=1S/C29H45NO8/c1-8-19(5)13-27(32)37-24-11-10-22(16-25(24)38-28(33)14-20(6)9-2)15-23(29(34)35)30-17-21(7)36-26(31)12-18(3)4/h10-11,16,18-21,23,30H,8-9,12-15,17H2,1-7H3,(H,34,35)/t19?,20?,21?,23-/m0/s1. The lowest BCUT2D eigenvalue weighted by molar-refractivity contribution is -0.149. The van der Waals surface area contributed by atoms with E-state index in [0.29, 0.717) is 12.0 Å². The first kappa shape index (κ1) is 33.1. The Labute approximate surface area is 226 Å². The zero-order valence-electron chi connectivity index (χ0n) is 23.9. The lowest BCUT2D eigenvalue weighted by Crippen LogP contribution is -2.42. The molecule has 0 spiro atoms. The van der Waals surface area contributed by atoms with Crippen molar-refractivity contribution in [2.45, 2.75) is 99.1 Å². The molecule has 9 heteroatoms. The Balaban J connectivity index is 3.02. The molecule has 214 valence electrons. The van der Waals surface area contributed by atoms with E-state index in [1.165, 1.54) is 12.1 Å². The van der Waals surface area contributed by atoms with E-state index in [2.05, 4.69) is 5.32 Å². The number of rotatable bonds is 17. The van der Waals surface area contributed by atoms with Gasteiger partial charge in [-0.1, -0.05) is 60.5 Å². The number of esters is 3. The first-order chi connectivity index (χ1) is 17.8. The van der Waals surface area contributed by atoms with Crippen LogP contribution in [0.4, 0.5) is 0 Å². The molecule has 38 heavy (non-hydrogen) atoms. The molecule has 0 bridgehead atoms. The SMILES string of the molecule is CCC(C)CC(=O)Oc1ccc(C[C@H](NCC(C)OC(=O)CC(C)C)C(=O)O)cc1OC(=O)CC(C)CC. The fraction of sp³-hybridized carbons (Fsp3) is 0.655. The molecule has 0 aliphatic rings. The van der Waals surface area contributed by atoms with Gasteiger partial charge in [-0.05, 0) is 48.8 Å². The summed E-state index contributed by atoms with van der Waals surface area (Å²) in [5, 5.41) is 12.7. The van der Waals surface area contributed by atoms with Crippen LogP contribution in [0.1, 0.15) is 86.1 Å². The molecule has 3 unspecified atom stereocenters. The number of carbonyl (C=O) groups is 4. The van der Waals surface area contributed by atoms with E-state index in [9.17, 15) is 24.3 Å². The summed E-state index contributed by atoms with van der Waals surface area (Å²) in [6, 6.07) is 3.71. The maximum Gasteiger partial charge on any atom is 0.321 e. The summed E-state index contributed by atoms with van der Waals surface area (Å²) in [5.41, 5.74) is 0.572. The van der Waals surface area contributed by atoms with E-state index in [4.69, 9.17) is 14.2 Å². The number of carboxylic acid groups (broad SMARTS) is 1. The zero-order valence-corrected chi connectivity index (χ0v) is 23.9. The minimum Gasteiger partial charge on any atom is -0.480 e. The summed E-state index contributed by atoms with van der Waals surface area (Å²) < 4.78 is 16.4. The van der Waals surface area contributed by atoms with Crippen molar-refractivity contribution in [3.05, 3.63) is 23.8 Å². The van der Waals surface area contributed by atoms with Gasteiger partial charge < -0.3 is 24.6 Å². The second kappa shape index (κ2) is 16.8. The van der Waals surface area contributed by atoms with Crippen molar-refractivity contribution in [1.82, 2.24) is 5.32 Å². The minimum atomic E-state index is -1.08. The van der Waals surface area contributed by atoms with Crippen LogP contribution in [-0.2, 0) is 30.3 Å². The number of carbonyl (C=O) groups excluding carboxylic acids is 3. The maximum atomic E-state index is 12.5. The Morgan fingerprint density at radius 1 is 0.816 bits per heavy atom. The molecule has 0 saturated carbocycles. The minimum absolute atomic E-state index is 0.0685. The molecule has 0 saturated heterocycles. The predicted molar refractivity (Wildman–Crippen MR) is 144 cm³/mol. The highest BCUT2D eigenvalue weighted by Gasteiger charge is 2.22. The number of hydrogen-bond donors (Lipinski definition) is 2. The predicted octanol–water partition coefficient (Wildman–Crippen LogP) is 4.93. The van der Waals surface area contributed by atoms with Crippen LogP contribution in [0.25, 0.3) is 0 Å². The molecule has 0 amide bonds. The van der Waals surface area contributed by atoms with E-state index < -0.39 is 30.1 Å². The number of hydrogen-bond acceptors (Lipinski definition) is 8. The van der Waals surface area contributed by atoms with E-state index in [-0.39, 0.29) is 61.0 Å². The molecule has 1 rings (SSSR count). The van der Waals surface area contributed by atoms with Crippen molar-refractivity contribution in [3.8, 4) is 11.5 Å². The quantitative estimate of drug-likeness (QED) is 0.211. The first-order valence-electron chi connectivity index (χ1n) is 13.5. The molecule has 1 aromatic carbocycles. The fourth-order valence-corrected chi connectivity index (χ4v) is 3.47. The van der Waals surface area contributed by atoms with Gasteiger partial charge in [0.25, 0.3) is 0 Å². The molecule has 0 fully saturated rings. The van der Waals surface area contributed by atoms with Crippen molar-refractivity contribution in [2.24, 2.45) is 17.8 Å². The molecule has 0 aromatic heterocycles. The van der Waals surface area contributed by atoms with Gasteiger partial charge in [0, 0.05) is 25.8 Å². The monoisotopic (exact) mass is 535 g/mol. The fourth-order valence-electron chi connectivity index (χ4n) is 3.47. The summed E-state index contributed by atoms with van der Waals surface area (Å²) in [5.74, 6) is -1.67. The van der Waals surface area contributed by atoms with E-state index in [1.807, 2.05) is 41.5 Å². The number of benzene rings is 1. The lowest BCUT2D eigenvalue weighted by Gasteiger charge is -2.20. The molecule has 0 radical (unpaired) electrons. The van der Waals surface area contributed by atoms with Crippen LogP contribution in [0, 0.1) is 17.8 Å².